The first-order chi connectivity index (χ1) is 12.6. The first-order valence-corrected chi connectivity index (χ1v) is 9.62. The van der Waals surface area contributed by atoms with Crippen molar-refractivity contribution in [3.8, 4) is 11.5 Å². The largest absolute Gasteiger partial charge is 0.591 e. The van der Waals surface area contributed by atoms with Gasteiger partial charge in [-0.15, -0.1) is 0 Å². The Bertz CT molecular complexity index is 1010. The summed E-state index contributed by atoms with van der Waals surface area (Å²) in [7, 11) is 1.86. The van der Waals surface area contributed by atoms with E-state index >= 15 is 0 Å². The fourth-order valence-corrected chi connectivity index (χ4v) is 3.08. The molecule has 0 aliphatic carbocycles. The molecular weight excluding hydrogens is 365 g/mol. The molecule has 0 saturated heterocycles. The van der Waals surface area contributed by atoms with Crippen molar-refractivity contribution in [3.63, 3.8) is 0 Å². The molecule has 1 heterocycles. The molecule has 0 N–H and O–H groups in total. The van der Waals surface area contributed by atoms with E-state index in [1.807, 2.05) is 40.0 Å². The fourth-order valence-electron chi connectivity index (χ4n) is 2.45. The van der Waals surface area contributed by atoms with Gasteiger partial charge in [0.25, 0.3) is 0 Å². The Hall–Kier alpha value is -2.38. The van der Waals surface area contributed by atoms with Crippen LogP contribution < -0.4 is 4.74 Å². The van der Waals surface area contributed by atoms with Gasteiger partial charge in [0.2, 0.25) is 0 Å². The van der Waals surface area contributed by atoms with Crippen LogP contribution in [0, 0.1) is 5.82 Å². The summed E-state index contributed by atoms with van der Waals surface area (Å²) >= 11 is -1.40. The highest BCUT2D eigenvalue weighted by molar-refractivity contribution is 7.91. The molecule has 0 amide bonds. The maximum absolute atomic E-state index is 14.5. The van der Waals surface area contributed by atoms with Crippen molar-refractivity contribution in [3.05, 3.63) is 54.0 Å². The first-order valence-electron chi connectivity index (χ1n) is 8.52. The van der Waals surface area contributed by atoms with E-state index in [-0.39, 0.29) is 5.75 Å². The molecule has 0 radical (unpaired) electrons. The van der Waals surface area contributed by atoms with E-state index in [2.05, 4.69) is 9.50 Å². The molecule has 1 atom stereocenters. The lowest BCUT2D eigenvalue weighted by atomic mass is 10.1. The van der Waals surface area contributed by atoms with Crippen molar-refractivity contribution in [1.82, 2.24) is 9.78 Å². The van der Waals surface area contributed by atoms with Crippen molar-refractivity contribution in [1.29, 1.82) is 0 Å². The molecule has 3 aromatic rings. The molecule has 1 unspecified atom stereocenters. The summed E-state index contributed by atoms with van der Waals surface area (Å²) in [4.78, 5) is 0. The third kappa shape index (κ3) is 4.31. The Morgan fingerprint density at radius 3 is 2.63 bits per heavy atom. The zero-order valence-corrected chi connectivity index (χ0v) is 16.8. The Morgan fingerprint density at radius 2 is 1.96 bits per heavy atom. The number of aryl methyl sites for hydroxylation is 1. The van der Waals surface area contributed by atoms with Gasteiger partial charge in [0.15, 0.2) is 11.6 Å². The third-order valence-electron chi connectivity index (χ3n) is 4.04. The zero-order valence-electron chi connectivity index (χ0n) is 16.0. The molecule has 0 saturated carbocycles. The summed E-state index contributed by atoms with van der Waals surface area (Å²) in [6, 6.07) is 10.1. The number of rotatable bonds is 4. The van der Waals surface area contributed by atoms with E-state index in [1.165, 1.54) is 6.07 Å². The summed E-state index contributed by atoms with van der Waals surface area (Å²) < 4.78 is 37.8. The van der Waals surface area contributed by atoms with Gasteiger partial charge in [0.1, 0.15) is 21.9 Å². The van der Waals surface area contributed by atoms with Gasteiger partial charge in [-0.05, 0) is 64.1 Å². The molecule has 5 nitrogen and oxygen atoms in total. The Morgan fingerprint density at radius 1 is 1.22 bits per heavy atom. The van der Waals surface area contributed by atoms with Crippen LogP contribution in [0.4, 0.5) is 4.39 Å². The molecule has 27 heavy (non-hydrogen) atoms. The van der Waals surface area contributed by atoms with Gasteiger partial charge < -0.3 is 9.29 Å². The predicted molar refractivity (Wildman–Crippen MR) is 107 cm³/mol. The van der Waals surface area contributed by atoms with E-state index in [0.29, 0.717) is 17.0 Å². The van der Waals surface area contributed by atoms with Gasteiger partial charge in [-0.1, -0.05) is 4.40 Å². The molecule has 1 aromatic heterocycles. The van der Waals surface area contributed by atoms with E-state index in [4.69, 9.17) is 4.74 Å². The minimum Gasteiger partial charge on any atom is -0.591 e. The fraction of sp³-hybridized carbons (Fsp3) is 0.300. The second-order valence-corrected chi connectivity index (χ2v) is 9.18. The monoisotopic (exact) mass is 387 g/mol. The van der Waals surface area contributed by atoms with Gasteiger partial charge in [-0.2, -0.15) is 5.10 Å². The zero-order chi connectivity index (χ0) is 19.8. The summed E-state index contributed by atoms with van der Waals surface area (Å²) in [6.45, 7) is 7.25. The topological polar surface area (TPSA) is 62.5 Å². The molecule has 0 aliphatic rings. The van der Waals surface area contributed by atoms with Gasteiger partial charge in [0, 0.05) is 18.0 Å². The number of aromatic nitrogens is 2. The molecule has 2 aromatic carbocycles. The molecule has 0 aliphatic heterocycles. The number of fused-ring (bicyclic) bond motifs is 1. The van der Waals surface area contributed by atoms with Crippen LogP contribution in [-0.4, -0.2) is 24.8 Å². The molecule has 3 rings (SSSR count). The summed E-state index contributed by atoms with van der Waals surface area (Å²) in [5, 5.41) is 5.10. The van der Waals surface area contributed by atoms with Crippen LogP contribution >= 0.6 is 0 Å². The van der Waals surface area contributed by atoms with Crippen LogP contribution in [-0.2, 0) is 18.4 Å². The van der Waals surface area contributed by atoms with Crippen molar-refractivity contribution in [2.75, 3.05) is 0 Å². The quantitative estimate of drug-likeness (QED) is 0.478. The molecule has 142 valence electrons. The van der Waals surface area contributed by atoms with Gasteiger partial charge in [-0.3, -0.25) is 4.68 Å². The average Bonchev–Trinajstić information content (AvgIpc) is 2.96. The maximum atomic E-state index is 14.5. The van der Waals surface area contributed by atoms with E-state index in [1.54, 1.807) is 36.0 Å². The van der Waals surface area contributed by atoms with Gasteiger partial charge in [-0.25, -0.2) is 4.39 Å². The second kappa shape index (κ2) is 7.32. The smallest absolute Gasteiger partial charge is 0.166 e. The van der Waals surface area contributed by atoms with Crippen molar-refractivity contribution >= 4 is 28.0 Å². The highest BCUT2D eigenvalue weighted by Gasteiger charge is 2.26. The lowest BCUT2D eigenvalue weighted by Crippen LogP contribution is -2.26. The maximum Gasteiger partial charge on any atom is 0.166 e. The predicted octanol–water partition coefficient (Wildman–Crippen LogP) is 4.78. The highest BCUT2D eigenvalue weighted by atomic mass is 32.2. The van der Waals surface area contributed by atoms with Crippen LogP contribution in [0.1, 0.15) is 33.3 Å². The summed E-state index contributed by atoms with van der Waals surface area (Å²) in [6.07, 6.45) is 1.73. The van der Waals surface area contributed by atoms with Crippen LogP contribution in [0.5, 0.6) is 11.5 Å². The van der Waals surface area contributed by atoms with E-state index in [9.17, 15) is 8.94 Å². The number of nitrogens with zero attached hydrogens (tertiary/aromatic N) is 3. The van der Waals surface area contributed by atoms with Crippen molar-refractivity contribution < 1.29 is 13.7 Å². The number of ether oxygens (including phenoxy) is 1. The van der Waals surface area contributed by atoms with Crippen molar-refractivity contribution in [2.24, 2.45) is 11.4 Å². The molecule has 0 spiro atoms. The number of hydrogen-bond donors (Lipinski definition) is 0. The van der Waals surface area contributed by atoms with Crippen LogP contribution in [0.2, 0.25) is 0 Å². The van der Waals surface area contributed by atoms with Gasteiger partial charge in [0.05, 0.1) is 17.4 Å². The number of benzene rings is 2. The Kier molecular flexibility index (Phi) is 5.26. The van der Waals surface area contributed by atoms with Crippen molar-refractivity contribution in [2.45, 2.75) is 32.4 Å². The molecule has 0 fully saturated rings. The Labute approximate surface area is 161 Å². The number of halogens is 1. The van der Waals surface area contributed by atoms with Crippen LogP contribution in [0.3, 0.4) is 0 Å². The number of hydrogen-bond acceptors (Lipinski definition) is 4. The normalized spacial score (nSPS) is 13.8. The minimum atomic E-state index is -1.40. The first kappa shape index (κ1) is 19.4. The van der Waals surface area contributed by atoms with E-state index < -0.39 is 21.9 Å². The highest BCUT2D eigenvalue weighted by Crippen LogP contribution is 2.28. The van der Waals surface area contributed by atoms with Crippen LogP contribution in [0.15, 0.2) is 47.0 Å². The van der Waals surface area contributed by atoms with E-state index in [0.717, 1.165) is 10.9 Å². The lowest BCUT2D eigenvalue weighted by Gasteiger charge is -2.18. The third-order valence-corrected chi connectivity index (χ3v) is 5.53. The summed E-state index contributed by atoms with van der Waals surface area (Å²) in [5.74, 6) is 0.142. The van der Waals surface area contributed by atoms with Gasteiger partial charge >= 0.3 is 0 Å². The molecule has 7 heteroatoms. The Balaban J connectivity index is 1.82. The van der Waals surface area contributed by atoms with Crippen LogP contribution in [0.25, 0.3) is 10.9 Å². The minimum absolute atomic E-state index is 0.117. The lowest BCUT2D eigenvalue weighted by molar-refractivity contribution is 0.443. The molecule has 0 bridgehead atoms. The molecular formula is C20H22FN3O2S. The summed E-state index contributed by atoms with van der Waals surface area (Å²) in [5.41, 5.74) is 2.06. The SMILES string of the molecule is C/C(=N\[S+]([O-])C(C)(C)C)c1ccc(Oc2ccc3c(cnn3C)c2)c(F)c1. The standard InChI is InChI=1S/C20H22FN3O2S/c1-13(23-27(25)20(2,3)4)14-6-9-19(17(21)11-14)26-16-7-8-18-15(10-16)12-22-24(18)5/h6-12H,1-5H3/b23-13+. The average molecular weight is 387 g/mol. The second-order valence-electron chi connectivity index (χ2n) is 7.27.